The van der Waals surface area contributed by atoms with Gasteiger partial charge in [0.15, 0.2) is 0 Å². The van der Waals surface area contributed by atoms with Gasteiger partial charge in [0.05, 0.1) is 28.6 Å². The first kappa shape index (κ1) is 18.4. The Morgan fingerprint density at radius 1 is 1.16 bits per heavy atom. The molecule has 1 saturated heterocycles. The van der Waals surface area contributed by atoms with E-state index in [1.807, 2.05) is 17.0 Å². The largest absolute Gasteiger partial charge is 0.494 e. The van der Waals surface area contributed by atoms with Crippen LogP contribution in [0.2, 0.25) is 0 Å². The molecule has 5 nitrogen and oxygen atoms in total. The van der Waals surface area contributed by atoms with E-state index in [9.17, 15) is 0 Å². The Morgan fingerprint density at radius 2 is 1.84 bits per heavy atom. The van der Waals surface area contributed by atoms with Crippen molar-refractivity contribution in [3.8, 4) is 0 Å². The van der Waals surface area contributed by atoms with E-state index in [0.717, 1.165) is 29.5 Å². The Morgan fingerprint density at radius 3 is 2.48 bits per heavy atom. The van der Waals surface area contributed by atoms with Crippen LogP contribution in [0.25, 0.3) is 11.0 Å². The lowest BCUT2D eigenvalue weighted by atomic mass is 9.79. The predicted molar refractivity (Wildman–Crippen MR) is 101 cm³/mol. The molecule has 3 rings (SSSR count). The first-order valence-electron chi connectivity index (χ1n) is 9.08. The second-order valence-electron chi connectivity index (χ2n) is 8.27. The van der Waals surface area contributed by atoms with Crippen molar-refractivity contribution in [3.63, 3.8) is 0 Å². The van der Waals surface area contributed by atoms with Crippen molar-refractivity contribution in [2.24, 2.45) is 5.92 Å². The molecule has 1 aromatic heterocycles. The molecular weight excluding hydrogens is 315 g/mol. The van der Waals surface area contributed by atoms with Gasteiger partial charge in [-0.05, 0) is 57.6 Å². The monoisotopic (exact) mass is 344 g/mol. The Kier molecular flexibility index (Phi) is 4.97. The van der Waals surface area contributed by atoms with Crippen LogP contribution >= 0.6 is 0 Å². The molecule has 0 spiro atoms. The highest BCUT2D eigenvalue weighted by Gasteiger charge is 2.51. The van der Waals surface area contributed by atoms with Crippen LogP contribution in [0.15, 0.2) is 24.5 Å². The standard InChI is InChI=1S/C19H29BN2O3/c1-14(2)9-10-23-13-22-12-21-16-11-15(7-8-17(16)22)20-24-18(3,4)19(5,6)25-20/h7-8,11-12,14H,9-10,13H2,1-6H3. The molecule has 0 aliphatic carbocycles. The average molecular weight is 344 g/mol. The molecule has 1 aliphatic heterocycles. The predicted octanol–water partition coefficient (Wildman–Crippen LogP) is 3.36. The number of rotatable bonds is 6. The van der Waals surface area contributed by atoms with Crippen molar-refractivity contribution >= 4 is 23.6 Å². The highest BCUT2D eigenvalue weighted by molar-refractivity contribution is 6.62. The molecule has 0 bridgehead atoms. The summed E-state index contributed by atoms with van der Waals surface area (Å²) in [6, 6.07) is 6.16. The number of ether oxygens (including phenoxy) is 1. The zero-order valence-corrected chi connectivity index (χ0v) is 16.2. The van der Waals surface area contributed by atoms with Crippen molar-refractivity contribution in [2.45, 2.75) is 65.9 Å². The van der Waals surface area contributed by atoms with Crippen LogP contribution in [0.4, 0.5) is 0 Å². The molecule has 2 heterocycles. The maximum absolute atomic E-state index is 6.13. The number of hydrogen-bond donors (Lipinski definition) is 0. The van der Waals surface area contributed by atoms with E-state index in [0.29, 0.717) is 12.6 Å². The van der Waals surface area contributed by atoms with Crippen LogP contribution in [0.5, 0.6) is 0 Å². The summed E-state index contributed by atoms with van der Waals surface area (Å²) in [6.07, 6.45) is 2.90. The highest BCUT2D eigenvalue weighted by Crippen LogP contribution is 2.36. The van der Waals surface area contributed by atoms with E-state index in [-0.39, 0.29) is 18.3 Å². The molecule has 1 aromatic carbocycles. The maximum Gasteiger partial charge on any atom is 0.494 e. The molecule has 0 amide bonds. The first-order valence-corrected chi connectivity index (χ1v) is 9.08. The second-order valence-corrected chi connectivity index (χ2v) is 8.27. The average Bonchev–Trinajstić information content (AvgIpc) is 3.01. The lowest BCUT2D eigenvalue weighted by Gasteiger charge is -2.32. The molecular formula is C19H29BN2O3. The Balaban J connectivity index is 1.72. The topological polar surface area (TPSA) is 45.5 Å². The minimum absolute atomic E-state index is 0.337. The van der Waals surface area contributed by atoms with Gasteiger partial charge in [-0.1, -0.05) is 19.9 Å². The van der Waals surface area contributed by atoms with E-state index in [1.165, 1.54) is 0 Å². The normalized spacial score (nSPS) is 19.2. The highest BCUT2D eigenvalue weighted by atomic mass is 16.7. The molecule has 0 N–H and O–H groups in total. The molecule has 136 valence electrons. The molecule has 1 aliphatic rings. The fourth-order valence-electron chi connectivity index (χ4n) is 2.79. The summed E-state index contributed by atoms with van der Waals surface area (Å²) in [7, 11) is -0.359. The number of fused-ring (bicyclic) bond motifs is 1. The van der Waals surface area contributed by atoms with E-state index >= 15 is 0 Å². The van der Waals surface area contributed by atoms with Gasteiger partial charge in [0.25, 0.3) is 0 Å². The lowest BCUT2D eigenvalue weighted by Crippen LogP contribution is -2.41. The summed E-state index contributed by atoms with van der Waals surface area (Å²) in [5.41, 5.74) is 2.31. The Labute approximate surface area is 150 Å². The first-order chi connectivity index (χ1) is 11.7. The quantitative estimate of drug-likeness (QED) is 0.596. The van der Waals surface area contributed by atoms with Crippen LogP contribution in [0, 0.1) is 5.92 Å². The van der Waals surface area contributed by atoms with Gasteiger partial charge in [-0.15, -0.1) is 0 Å². The second kappa shape index (κ2) is 6.74. The van der Waals surface area contributed by atoms with E-state index in [4.69, 9.17) is 14.0 Å². The van der Waals surface area contributed by atoms with Gasteiger partial charge in [0, 0.05) is 6.61 Å². The van der Waals surface area contributed by atoms with Crippen LogP contribution in [0.3, 0.4) is 0 Å². The number of aromatic nitrogens is 2. The lowest BCUT2D eigenvalue weighted by molar-refractivity contribution is 0.00578. The van der Waals surface area contributed by atoms with Gasteiger partial charge < -0.3 is 18.6 Å². The van der Waals surface area contributed by atoms with Crippen LogP contribution < -0.4 is 5.46 Å². The number of nitrogens with zero attached hydrogens (tertiary/aromatic N) is 2. The molecule has 0 unspecified atom stereocenters. The third kappa shape index (κ3) is 3.76. The SMILES string of the molecule is CC(C)CCOCn1cnc2cc(B3OC(C)(C)C(C)(C)O3)ccc21. The minimum atomic E-state index is -0.359. The Bertz CT molecular complexity index is 723. The molecule has 0 radical (unpaired) electrons. The van der Waals surface area contributed by atoms with Gasteiger partial charge in [-0.25, -0.2) is 4.98 Å². The number of benzene rings is 1. The van der Waals surface area contributed by atoms with Gasteiger partial charge in [0.2, 0.25) is 0 Å². The van der Waals surface area contributed by atoms with Crippen molar-refractivity contribution in [1.82, 2.24) is 9.55 Å². The van der Waals surface area contributed by atoms with E-state index < -0.39 is 0 Å². The van der Waals surface area contributed by atoms with E-state index in [1.54, 1.807) is 0 Å². The smallest absolute Gasteiger partial charge is 0.399 e. The Hall–Kier alpha value is -1.37. The summed E-state index contributed by atoms with van der Waals surface area (Å²) in [5, 5.41) is 0. The molecule has 2 aromatic rings. The third-order valence-corrected chi connectivity index (χ3v) is 5.24. The van der Waals surface area contributed by atoms with E-state index in [2.05, 4.69) is 58.7 Å². The van der Waals surface area contributed by atoms with Gasteiger partial charge in [-0.2, -0.15) is 0 Å². The minimum Gasteiger partial charge on any atom is -0.399 e. The number of imidazole rings is 1. The molecule has 0 saturated carbocycles. The summed E-state index contributed by atoms with van der Waals surface area (Å²) < 4.78 is 20.0. The summed E-state index contributed by atoms with van der Waals surface area (Å²) in [6.45, 7) is 14.0. The summed E-state index contributed by atoms with van der Waals surface area (Å²) in [5.74, 6) is 0.655. The van der Waals surface area contributed by atoms with Crippen molar-refractivity contribution in [3.05, 3.63) is 24.5 Å². The fraction of sp³-hybridized carbons (Fsp3) is 0.632. The molecule has 6 heteroatoms. The molecule has 0 atom stereocenters. The van der Waals surface area contributed by atoms with Gasteiger partial charge in [-0.3, -0.25) is 0 Å². The summed E-state index contributed by atoms with van der Waals surface area (Å²) >= 11 is 0. The molecule has 25 heavy (non-hydrogen) atoms. The number of hydrogen-bond acceptors (Lipinski definition) is 4. The third-order valence-electron chi connectivity index (χ3n) is 5.24. The summed E-state index contributed by atoms with van der Waals surface area (Å²) in [4.78, 5) is 4.51. The van der Waals surface area contributed by atoms with Crippen LogP contribution in [0.1, 0.15) is 48.0 Å². The van der Waals surface area contributed by atoms with Crippen molar-refractivity contribution in [1.29, 1.82) is 0 Å². The van der Waals surface area contributed by atoms with Crippen LogP contribution in [-0.4, -0.2) is 34.5 Å². The maximum atomic E-state index is 6.13. The van der Waals surface area contributed by atoms with Gasteiger partial charge in [0.1, 0.15) is 6.73 Å². The van der Waals surface area contributed by atoms with Crippen molar-refractivity contribution in [2.75, 3.05) is 6.61 Å². The fourth-order valence-corrected chi connectivity index (χ4v) is 2.79. The zero-order valence-electron chi connectivity index (χ0n) is 16.2. The van der Waals surface area contributed by atoms with Crippen LogP contribution in [-0.2, 0) is 20.8 Å². The van der Waals surface area contributed by atoms with Crippen molar-refractivity contribution < 1.29 is 14.0 Å². The molecule has 1 fully saturated rings. The zero-order chi connectivity index (χ0) is 18.2. The van der Waals surface area contributed by atoms with Gasteiger partial charge >= 0.3 is 7.12 Å².